The molecule has 0 aliphatic carbocycles. The molecule has 1 aliphatic heterocycles. The van der Waals surface area contributed by atoms with E-state index in [1.54, 1.807) is 0 Å². The highest BCUT2D eigenvalue weighted by molar-refractivity contribution is 9.10. The van der Waals surface area contributed by atoms with Crippen LogP contribution in [-0.2, 0) is 13.8 Å². The molecule has 1 aromatic heterocycles. The van der Waals surface area contributed by atoms with E-state index in [1.807, 2.05) is 4.98 Å². The maximum Gasteiger partial charge on any atom is 0.330 e. The Labute approximate surface area is 130 Å². The van der Waals surface area contributed by atoms with Gasteiger partial charge in [-0.2, -0.15) is 0 Å². The second kappa shape index (κ2) is 6.34. The molecule has 0 aromatic carbocycles. The Morgan fingerprint density at radius 2 is 2.05 bits per heavy atom. The summed E-state index contributed by atoms with van der Waals surface area (Å²) in [5.74, 6) is 0. The first kappa shape index (κ1) is 17.5. The van der Waals surface area contributed by atoms with Crippen LogP contribution < -0.4 is 21.0 Å². The summed E-state index contributed by atoms with van der Waals surface area (Å²) in [7, 11) is -5.28. The monoisotopic (exact) mass is 400 g/mol. The van der Waals surface area contributed by atoms with Crippen molar-refractivity contribution < 1.29 is 33.8 Å². The minimum atomic E-state index is -5.28. The van der Waals surface area contributed by atoms with Gasteiger partial charge in [0.1, 0.15) is 18.3 Å². The summed E-state index contributed by atoms with van der Waals surface area (Å²) >= 11 is 2.89. The van der Waals surface area contributed by atoms with Gasteiger partial charge in [0.25, 0.3) is 5.56 Å². The molecule has 0 unspecified atom stereocenters. The van der Waals surface area contributed by atoms with Crippen molar-refractivity contribution in [1.82, 2.24) is 9.55 Å². The summed E-state index contributed by atoms with van der Waals surface area (Å²) in [6.07, 6.45) is -4.93. The summed E-state index contributed by atoms with van der Waals surface area (Å²) in [4.78, 5) is 45.7. The predicted molar refractivity (Wildman–Crippen MR) is 68.5 cm³/mol. The Hall–Kier alpha value is -0.850. The van der Waals surface area contributed by atoms with Crippen LogP contribution in [0.3, 0.4) is 0 Å². The van der Waals surface area contributed by atoms with Crippen LogP contribution in [0, 0.1) is 0 Å². The molecule has 124 valence electrons. The quantitative estimate of drug-likeness (QED) is 0.438. The van der Waals surface area contributed by atoms with Gasteiger partial charge in [-0.15, -0.1) is 0 Å². The fourth-order valence-electron chi connectivity index (χ4n) is 1.91. The number of halogens is 1. The van der Waals surface area contributed by atoms with E-state index in [2.05, 4.69) is 20.5 Å². The minimum absolute atomic E-state index is 0.0271. The Morgan fingerprint density at radius 3 is 2.64 bits per heavy atom. The predicted octanol–water partition coefficient (Wildman–Crippen LogP) is -3.24. The third-order valence-corrected chi connectivity index (χ3v) is 3.96. The number of H-pyrrole nitrogens is 1. The fraction of sp³-hybridized carbons (Fsp3) is 0.556. The molecule has 11 nitrogen and oxygen atoms in total. The lowest BCUT2D eigenvalue weighted by Gasteiger charge is -2.30. The number of phosphoric acid groups is 1. The summed E-state index contributed by atoms with van der Waals surface area (Å²) in [5.41, 5.74) is -1.61. The summed E-state index contributed by atoms with van der Waals surface area (Å²) in [6, 6.07) is 0. The Morgan fingerprint density at radius 1 is 1.41 bits per heavy atom. The Balaban J connectivity index is 2.23. The molecule has 1 aromatic rings. The van der Waals surface area contributed by atoms with Crippen LogP contribution in [0.15, 0.2) is 20.3 Å². The lowest BCUT2D eigenvalue weighted by atomic mass is 10.1. The first-order chi connectivity index (χ1) is 10.1. The van der Waals surface area contributed by atoms with Crippen molar-refractivity contribution in [2.24, 2.45) is 0 Å². The highest BCUT2D eigenvalue weighted by Crippen LogP contribution is 2.32. The number of hydrogen-bond donors (Lipinski definition) is 3. The summed E-state index contributed by atoms with van der Waals surface area (Å²) in [5, 5.41) is 19.6. The van der Waals surface area contributed by atoms with Crippen molar-refractivity contribution in [3.05, 3.63) is 31.5 Å². The zero-order chi connectivity index (χ0) is 16.7. The molecule has 0 radical (unpaired) electrons. The molecule has 2 heterocycles. The largest absolute Gasteiger partial charge is 0.790 e. The lowest BCUT2D eigenvalue weighted by molar-refractivity contribution is -0.343. The molecule has 0 saturated carbocycles. The zero-order valence-electron chi connectivity index (χ0n) is 10.6. The number of rotatable bonds is 4. The van der Waals surface area contributed by atoms with Gasteiger partial charge < -0.3 is 33.8 Å². The average molecular weight is 401 g/mol. The normalized spacial score (nSPS) is 29.0. The van der Waals surface area contributed by atoms with Crippen molar-refractivity contribution in [3.8, 4) is 0 Å². The van der Waals surface area contributed by atoms with E-state index in [4.69, 9.17) is 4.74 Å². The van der Waals surface area contributed by atoms with Gasteiger partial charge in [-0.1, -0.05) is 0 Å². The van der Waals surface area contributed by atoms with Crippen LogP contribution in [-0.4, -0.2) is 44.7 Å². The van der Waals surface area contributed by atoms with Crippen molar-refractivity contribution in [2.45, 2.75) is 24.5 Å². The van der Waals surface area contributed by atoms with Gasteiger partial charge in [-0.05, 0) is 15.9 Å². The minimum Gasteiger partial charge on any atom is -0.790 e. The first-order valence-corrected chi connectivity index (χ1v) is 8.04. The van der Waals surface area contributed by atoms with Crippen LogP contribution in [0.5, 0.6) is 0 Å². The number of ether oxygens (including phenoxy) is 1. The highest BCUT2D eigenvalue weighted by Gasteiger charge is 2.44. The molecule has 22 heavy (non-hydrogen) atoms. The maximum atomic E-state index is 11.7. The standard InChI is InChI=1S/C9H12BrN2O9P/c10-3-1-12(9(16)11-7(3)15)8-6(14)5(13)4(21-8)2-20-22(17,18)19/h1,4-6,8,13-14H,2H2,(H,11,15,16)(H2,17,18,19)/p-2/t4-,5-,6-,8-/m1/s1. The lowest BCUT2D eigenvalue weighted by Crippen LogP contribution is -2.38. The van der Waals surface area contributed by atoms with Crippen LogP contribution in [0.25, 0.3) is 0 Å². The molecule has 2 rings (SSSR count). The van der Waals surface area contributed by atoms with E-state index in [1.165, 1.54) is 0 Å². The molecule has 1 aliphatic rings. The average Bonchev–Trinajstić information content (AvgIpc) is 2.68. The molecule has 0 bridgehead atoms. The van der Waals surface area contributed by atoms with Crippen molar-refractivity contribution in [3.63, 3.8) is 0 Å². The molecule has 4 atom stereocenters. The summed E-state index contributed by atoms with van der Waals surface area (Å²) in [6.45, 7) is -0.821. The second-order valence-corrected chi connectivity index (χ2v) is 6.44. The van der Waals surface area contributed by atoms with Crippen LogP contribution in [0.1, 0.15) is 6.23 Å². The van der Waals surface area contributed by atoms with E-state index in [9.17, 15) is 34.2 Å². The topological polar surface area (TPSA) is 177 Å². The van der Waals surface area contributed by atoms with Crippen molar-refractivity contribution in [1.29, 1.82) is 0 Å². The Kier molecular flexibility index (Phi) is 5.04. The van der Waals surface area contributed by atoms with Gasteiger partial charge in [0.05, 0.1) is 18.9 Å². The number of nitrogens with zero attached hydrogens (tertiary/aromatic N) is 1. The van der Waals surface area contributed by atoms with E-state index in [0.29, 0.717) is 0 Å². The molecule has 0 spiro atoms. The van der Waals surface area contributed by atoms with E-state index >= 15 is 0 Å². The number of aliphatic hydroxyl groups is 2. The van der Waals surface area contributed by atoms with Gasteiger partial charge >= 0.3 is 5.69 Å². The zero-order valence-corrected chi connectivity index (χ0v) is 13.1. The van der Waals surface area contributed by atoms with Gasteiger partial charge in [0.2, 0.25) is 0 Å². The van der Waals surface area contributed by atoms with Crippen molar-refractivity contribution >= 4 is 23.8 Å². The van der Waals surface area contributed by atoms with E-state index in [-0.39, 0.29) is 4.47 Å². The maximum absolute atomic E-state index is 11.7. The number of phosphoric ester groups is 1. The smallest absolute Gasteiger partial charge is 0.330 e. The molecule has 3 N–H and O–H groups in total. The molecule has 0 amide bonds. The second-order valence-electron chi connectivity index (χ2n) is 4.43. The van der Waals surface area contributed by atoms with Crippen LogP contribution in [0.2, 0.25) is 0 Å². The van der Waals surface area contributed by atoms with Crippen molar-refractivity contribution in [2.75, 3.05) is 6.61 Å². The molecule has 13 heteroatoms. The van der Waals surface area contributed by atoms with Gasteiger partial charge in [0.15, 0.2) is 6.23 Å². The Bertz CT molecular complexity index is 712. The third-order valence-electron chi connectivity index (χ3n) is 2.93. The van der Waals surface area contributed by atoms with Crippen LogP contribution in [0.4, 0.5) is 0 Å². The number of nitrogens with one attached hydrogen (secondary N) is 1. The van der Waals surface area contributed by atoms with E-state index < -0.39 is 50.2 Å². The highest BCUT2D eigenvalue weighted by atomic mass is 79.9. The fourth-order valence-corrected chi connectivity index (χ4v) is 2.56. The number of aromatic amines is 1. The third kappa shape index (κ3) is 3.73. The number of aliphatic hydroxyl groups excluding tert-OH is 2. The molecule has 1 saturated heterocycles. The molecular formula is C9H10BrN2O9P-2. The van der Waals surface area contributed by atoms with Crippen LogP contribution >= 0.6 is 23.8 Å². The number of hydrogen-bond acceptors (Lipinski definition) is 9. The van der Waals surface area contributed by atoms with Gasteiger partial charge in [-0.25, -0.2) is 4.79 Å². The first-order valence-electron chi connectivity index (χ1n) is 5.79. The summed E-state index contributed by atoms with van der Waals surface area (Å²) < 4.78 is 20.3. The molecule has 1 fully saturated rings. The molecular weight excluding hydrogens is 391 g/mol. The van der Waals surface area contributed by atoms with E-state index in [0.717, 1.165) is 10.8 Å². The van der Waals surface area contributed by atoms with Gasteiger partial charge in [0, 0.05) is 6.20 Å². The van der Waals surface area contributed by atoms with Gasteiger partial charge in [-0.3, -0.25) is 14.3 Å². The SMILES string of the molecule is O=c1[nH]c(=O)n([C@@H]2O[C@H](COP(=O)([O-])[O-])[C@@H](O)[C@H]2O)cc1Br. The number of aromatic nitrogens is 2.